The Hall–Kier alpha value is -2.14. The van der Waals surface area contributed by atoms with E-state index >= 15 is 0 Å². The fourth-order valence-electron chi connectivity index (χ4n) is 1.69. The van der Waals surface area contributed by atoms with E-state index in [0.717, 1.165) is 16.7 Å². The third kappa shape index (κ3) is 5.24. The van der Waals surface area contributed by atoms with Crippen LogP contribution in [0.3, 0.4) is 0 Å². The van der Waals surface area contributed by atoms with Gasteiger partial charge in [-0.15, -0.1) is 0 Å². The fourth-order valence-corrected chi connectivity index (χ4v) is 1.69. The highest BCUT2D eigenvalue weighted by Gasteiger charge is 2.12. The molecule has 0 aliphatic rings. The van der Waals surface area contributed by atoms with Crippen molar-refractivity contribution in [2.24, 2.45) is 0 Å². The number of aliphatic hydroxyl groups excluding tert-OH is 1. The number of carbonyl (C=O) groups excluding carboxylic acids is 1. The van der Waals surface area contributed by atoms with Crippen molar-refractivity contribution in [1.82, 2.24) is 5.32 Å². The first kappa shape index (κ1) is 15.9. The molecule has 0 aromatic heterocycles. The lowest BCUT2D eigenvalue weighted by molar-refractivity contribution is -0.147. The van der Waals surface area contributed by atoms with Crippen LogP contribution in [-0.4, -0.2) is 34.7 Å². The molecule has 0 bridgehead atoms. The molecule has 1 atom stereocenters. The number of aliphatic carboxylic acids is 1. The average Bonchev–Trinajstić information content (AvgIpc) is 2.37. The van der Waals surface area contributed by atoms with Gasteiger partial charge in [-0.3, -0.25) is 4.79 Å². The maximum atomic E-state index is 11.5. The Bertz CT molecular complexity index is 523. The molecule has 20 heavy (non-hydrogen) atoms. The number of aliphatic hydroxyl groups is 1. The van der Waals surface area contributed by atoms with Crippen molar-refractivity contribution >= 4 is 18.0 Å². The van der Waals surface area contributed by atoms with Crippen molar-refractivity contribution in [3.63, 3.8) is 0 Å². The summed E-state index contributed by atoms with van der Waals surface area (Å²) < 4.78 is 0. The number of rotatable bonds is 6. The fraction of sp³-hybridized carbons (Fsp3) is 0.333. The molecule has 0 aliphatic heterocycles. The number of hydrogen-bond acceptors (Lipinski definition) is 3. The molecule has 1 amide bonds. The van der Waals surface area contributed by atoms with E-state index < -0.39 is 12.1 Å². The van der Waals surface area contributed by atoms with Gasteiger partial charge >= 0.3 is 5.97 Å². The standard InChI is InChI=1S/C15H19NO4/c1-10-3-4-12(11(2)9-10)5-6-14(18)16-8-7-13(17)15(19)20/h3-6,9,13,17H,7-8H2,1-2H3,(H,16,18)(H,19,20)/b6-5+. The summed E-state index contributed by atoms with van der Waals surface area (Å²) in [6.45, 7) is 4.08. The van der Waals surface area contributed by atoms with E-state index in [-0.39, 0.29) is 18.9 Å². The molecular formula is C15H19NO4. The SMILES string of the molecule is Cc1ccc(/C=C/C(=O)NCCC(O)C(=O)O)c(C)c1. The Morgan fingerprint density at radius 1 is 1.35 bits per heavy atom. The number of carboxylic acid groups (broad SMARTS) is 1. The van der Waals surface area contributed by atoms with Gasteiger partial charge in [0, 0.05) is 19.0 Å². The summed E-state index contributed by atoms with van der Waals surface area (Å²) in [5.74, 6) is -1.60. The number of hydrogen-bond donors (Lipinski definition) is 3. The molecule has 0 saturated heterocycles. The van der Waals surface area contributed by atoms with Crippen LogP contribution < -0.4 is 5.32 Å². The Labute approximate surface area is 117 Å². The summed E-state index contributed by atoms with van der Waals surface area (Å²) in [4.78, 5) is 21.9. The molecule has 0 heterocycles. The number of carboxylic acids is 1. The first-order valence-corrected chi connectivity index (χ1v) is 6.34. The van der Waals surface area contributed by atoms with Gasteiger partial charge in [0.25, 0.3) is 0 Å². The Morgan fingerprint density at radius 3 is 2.65 bits per heavy atom. The Kier molecular flexibility index (Phi) is 5.93. The zero-order valence-corrected chi connectivity index (χ0v) is 11.6. The van der Waals surface area contributed by atoms with E-state index in [9.17, 15) is 9.59 Å². The quantitative estimate of drug-likeness (QED) is 0.683. The van der Waals surface area contributed by atoms with E-state index in [1.54, 1.807) is 6.08 Å². The molecule has 1 unspecified atom stereocenters. The van der Waals surface area contributed by atoms with Gasteiger partial charge in [-0.1, -0.05) is 23.8 Å². The van der Waals surface area contributed by atoms with Crippen molar-refractivity contribution < 1.29 is 19.8 Å². The summed E-state index contributed by atoms with van der Waals surface area (Å²) >= 11 is 0. The van der Waals surface area contributed by atoms with Crippen LogP contribution >= 0.6 is 0 Å². The number of nitrogens with one attached hydrogen (secondary N) is 1. The smallest absolute Gasteiger partial charge is 0.332 e. The molecule has 0 spiro atoms. The van der Waals surface area contributed by atoms with E-state index in [1.807, 2.05) is 32.0 Å². The minimum Gasteiger partial charge on any atom is -0.479 e. The molecule has 0 fully saturated rings. The lowest BCUT2D eigenvalue weighted by Crippen LogP contribution is -2.28. The van der Waals surface area contributed by atoms with Gasteiger partial charge in [-0.2, -0.15) is 0 Å². The lowest BCUT2D eigenvalue weighted by atomic mass is 10.1. The van der Waals surface area contributed by atoms with E-state index in [4.69, 9.17) is 10.2 Å². The van der Waals surface area contributed by atoms with Gasteiger partial charge in [0.05, 0.1) is 0 Å². The summed E-state index contributed by atoms with van der Waals surface area (Å²) in [7, 11) is 0. The van der Waals surface area contributed by atoms with Crippen molar-refractivity contribution in [2.45, 2.75) is 26.4 Å². The third-order valence-corrected chi connectivity index (χ3v) is 2.84. The van der Waals surface area contributed by atoms with Gasteiger partial charge in [-0.05, 0) is 31.1 Å². The van der Waals surface area contributed by atoms with E-state index in [0.29, 0.717) is 0 Å². The molecule has 0 saturated carbocycles. The maximum Gasteiger partial charge on any atom is 0.332 e. The van der Waals surface area contributed by atoms with Gasteiger partial charge in [0.15, 0.2) is 6.10 Å². The summed E-state index contributed by atoms with van der Waals surface area (Å²) in [5, 5.41) is 20.0. The zero-order chi connectivity index (χ0) is 15.1. The van der Waals surface area contributed by atoms with Crippen LogP contribution in [0.1, 0.15) is 23.1 Å². The molecule has 108 valence electrons. The molecule has 5 heteroatoms. The van der Waals surface area contributed by atoms with Crippen LogP contribution in [0.2, 0.25) is 0 Å². The predicted octanol–water partition coefficient (Wildman–Crippen LogP) is 1.27. The van der Waals surface area contributed by atoms with Gasteiger partial charge in [0.1, 0.15) is 0 Å². The van der Waals surface area contributed by atoms with Crippen molar-refractivity contribution in [3.8, 4) is 0 Å². The van der Waals surface area contributed by atoms with E-state index in [2.05, 4.69) is 5.32 Å². The third-order valence-electron chi connectivity index (χ3n) is 2.84. The van der Waals surface area contributed by atoms with Crippen LogP contribution in [0.25, 0.3) is 6.08 Å². The second-order valence-corrected chi connectivity index (χ2v) is 4.63. The molecule has 1 aromatic carbocycles. The van der Waals surface area contributed by atoms with Crippen LogP contribution in [-0.2, 0) is 9.59 Å². The lowest BCUT2D eigenvalue weighted by Gasteiger charge is -2.05. The molecule has 1 aromatic rings. The normalized spacial score (nSPS) is 12.3. The number of benzene rings is 1. The predicted molar refractivity (Wildman–Crippen MR) is 76.2 cm³/mol. The van der Waals surface area contributed by atoms with E-state index in [1.165, 1.54) is 6.08 Å². The molecule has 3 N–H and O–H groups in total. The summed E-state index contributed by atoms with van der Waals surface area (Å²) in [6.07, 6.45) is 1.64. The Balaban J connectivity index is 2.46. The second-order valence-electron chi connectivity index (χ2n) is 4.63. The first-order chi connectivity index (χ1) is 9.40. The summed E-state index contributed by atoms with van der Waals surface area (Å²) in [6, 6.07) is 5.93. The molecule has 5 nitrogen and oxygen atoms in total. The number of carbonyl (C=O) groups is 2. The van der Waals surface area contributed by atoms with Crippen LogP contribution in [0.15, 0.2) is 24.3 Å². The minimum atomic E-state index is -1.45. The average molecular weight is 277 g/mol. The zero-order valence-electron chi connectivity index (χ0n) is 11.6. The molecule has 0 aliphatic carbocycles. The van der Waals surface area contributed by atoms with Gasteiger partial charge < -0.3 is 15.5 Å². The highest BCUT2D eigenvalue weighted by Crippen LogP contribution is 2.11. The molecule has 1 rings (SSSR count). The Morgan fingerprint density at radius 2 is 2.05 bits per heavy atom. The van der Waals surface area contributed by atoms with Crippen LogP contribution in [0.4, 0.5) is 0 Å². The minimum absolute atomic E-state index is 0.0154. The van der Waals surface area contributed by atoms with Crippen LogP contribution in [0, 0.1) is 13.8 Å². The van der Waals surface area contributed by atoms with Crippen molar-refractivity contribution in [1.29, 1.82) is 0 Å². The van der Waals surface area contributed by atoms with Crippen molar-refractivity contribution in [2.75, 3.05) is 6.54 Å². The number of amides is 1. The highest BCUT2D eigenvalue weighted by molar-refractivity contribution is 5.91. The largest absolute Gasteiger partial charge is 0.479 e. The highest BCUT2D eigenvalue weighted by atomic mass is 16.4. The maximum absolute atomic E-state index is 11.5. The molecular weight excluding hydrogens is 258 g/mol. The second kappa shape index (κ2) is 7.45. The molecule has 0 radical (unpaired) electrons. The monoisotopic (exact) mass is 277 g/mol. The van der Waals surface area contributed by atoms with Crippen LogP contribution in [0.5, 0.6) is 0 Å². The first-order valence-electron chi connectivity index (χ1n) is 6.34. The van der Waals surface area contributed by atoms with Crippen molar-refractivity contribution in [3.05, 3.63) is 41.0 Å². The number of aryl methyl sites for hydroxylation is 2. The summed E-state index contributed by atoms with van der Waals surface area (Å²) in [5.41, 5.74) is 3.19. The topological polar surface area (TPSA) is 86.6 Å². The van der Waals surface area contributed by atoms with Gasteiger partial charge in [-0.25, -0.2) is 4.79 Å². The van der Waals surface area contributed by atoms with Gasteiger partial charge in [0.2, 0.25) is 5.91 Å².